The highest BCUT2D eigenvalue weighted by Gasteiger charge is 2.05. The zero-order valence-corrected chi connectivity index (χ0v) is 9.81. The lowest BCUT2D eigenvalue weighted by molar-refractivity contribution is 0.0810. The van der Waals surface area contributed by atoms with Crippen LogP contribution in [-0.2, 0) is 16.1 Å². The third-order valence-corrected chi connectivity index (χ3v) is 2.32. The number of hydrogen-bond donors (Lipinski definition) is 1. The third-order valence-electron chi connectivity index (χ3n) is 2.32. The molecule has 0 unspecified atom stereocenters. The Hall–Kier alpha value is -1.59. The molecule has 1 aromatic heterocycles. The minimum absolute atomic E-state index is 0.373. The maximum absolute atomic E-state index is 5.66. The van der Waals surface area contributed by atoms with Crippen molar-refractivity contribution in [2.45, 2.75) is 13.0 Å². The van der Waals surface area contributed by atoms with E-state index in [0.717, 1.165) is 11.9 Å². The van der Waals surface area contributed by atoms with Crippen LogP contribution in [0.2, 0.25) is 0 Å². The van der Waals surface area contributed by atoms with Gasteiger partial charge in [-0.1, -0.05) is 0 Å². The number of hydrogen-bond acceptors (Lipinski definition) is 5. The number of nitrogen functional groups attached to an aromatic ring is 1. The number of benzene rings is 1. The van der Waals surface area contributed by atoms with E-state index in [1.807, 2.05) is 6.07 Å². The van der Waals surface area contributed by atoms with Gasteiger partial charge in [0.05, 0.1) is 0 Å². The topological polar surface area (TPSA) is 70.5 Å². The predicted octanol–water partition coefficient (Wildman–Crippen LogP) is 1.96. The van der Waals surface area contributed by atoms with Crippen LogP contribution in [0.5, 0.6) is 0 Å². The van der Waals surface area contributed by atoms with Crippen LogP contribution in [0.3, 0.4) is 0 Å². The van der Waals surface area contributed by atoms with Gasteiger partial charge < -0.3 is 19.6 Å². The minimum atomic E-state index is 0.373. The van der Waals surface area contributed by atoms with Crippen LogP contribution in [0, 0.1) is 0 Å². The molecule has 2 rings (SSSR count). The molecule has 0 saturated heterocycles. The molecule has 1 aromatic carbocycles. The molecule has 2 N–H and O–H groups in total. The monoisotopic (exact) mass is 236 g/mol. The van der Waals surface area contributed by atoms with Gasteiger partial charge in [0.25, 0.3) is 0 Å². The minimum Gasteiger partial charge on any atom is -0.438 e. The number of ether oxygens (including phenoxy) is 2. The maximum Gasteiger partial charge on any atom is 0.221 e. The summed E-state index contributed by atoms with van der Waals surface area (Å²) in [6.45, 7) is 1.71. The zero-order chi connectivity index (χ0) is 12.1. The molecule has 0 amide bonds. The molecule has 0 aliphatic rings. The number of nitrogens with zero attached hydrogens (tertiary/aromatic N) is 1. The Labute approximate surface area is 99.5 Å². The molecule has 92 valence electrons. The van der Waals surface area contributed by atoms with Gasteiger partial charge in [0.15, 0.2) is 5.58 Å². The SMILES string of the molecule is COCCCOCc1nc2ccc(N)cc2o1. The van der Waals surface area contributed by atoms with E-state index < -0.39 is 0 Å². The summed E-state index contributed by atoms with van der Waals surface area (Å²) >= 11 is 0. The first-order chi connectivity index (χ1) is 8.29. The van der Waals surface area contributed by atoms with Gasteiger partial charge in [0.2, 0.25) is 5.89 Å². The molecule has 5 nitrogen and oxygen atoms in total. The highest BCUT2D eigenvalue weighted by atomic mass is 16.5. The summed E-state index contributed by atoms with van der Waals surface area (Å²) in [6.07, 6.45) is 0.865. The Morgan fingerprint density at radius 2 is 2.24 bits per heavy atom. The molecule has 0 radical (unpaired) electrons. The van der Waals surface area contributed by atoms with Crippen molar-refractivity contribution in [2.24, 2.45) is 0 Å². The van der Waals surface area contributed by atoms with Gasteiger partial charge >= 0.3 is 0 Å². The highest BCUT2D eigenvalue weighted by molar-refractivity contribution is 5.76. The second-order valence-corrected chi connectivity index (χ2v) is 3.73. The molecule has 0 saturated carbocycles. The Balaban J connectivity index is 1.91. The Morgan fingerprint density at radius 3 is 3.06 bits per heavy atom. The first kappa shape index (κ1) is 11.9. The van der Waals surface area contributed by atoms with Crippen molar-refractivity contribution in [2.75, 3.05) is 26.1 Å². The van der Waals surface area contributed by atoms with Crippen LogP contribution in [0.4, 0.5) is 5.69 Å². The van der Waals surface area contributed by atoms with Crippen molar-refractivity contribution in [1.29, 1.82) is 0 Å². The summed E-state index contributed by atoms with van der Waals surface area (Å²) in [5, 5.41) is 0. The van der Waals surface area contributed by atoms with Crippen molar-refractivity contribution in [3.63, 3.8) is 0 Å². The van der Waals surface area contributed by atoms with Crippen LogP contribution >= 0.6 is 0 Å². The summed E-state index contributed by atoms with van der Waals surface area (Å²) in [5.41, 5.74) is 7.82. The van der Waals surface area contributed by atoms with Gasteiger partial charge in [-0.15, -0.1) is 0 Å². The van der Waals surface area contributed by atoms with Gasteiger partial charge in [0.1, 0.15) is 12.1 Å². The number of methoxy groups -OCH3 is 1. The first-order valence-corrected chi connectivity index (χ1v) is 5.51. The van der Waals surface area contributed by atoms with Gasteiger partial charge in [-0.2, -0.15) is 0 Å². The maximum atomic E-state index is 5.66. The fourth-order valence-electron chi connectivity index (χ4n) is 1.52. The van der Waals surface area contributed by atoms with Crippen LogP contribution < -0.4 is 5.73 Å². The zero-order valence-electron chi connectivity index (χ0n) is 9.81. The normalized spacial score (nSPS) is 11.1. The quantitative estimate of drug-likeness (QED) is 0.613. The lowest BCUT2D eigenvalue weighted by Gasteiger charge is -1.99. The average Bonchev–Trinajstić information content (AvgIpc) is 2.70. The van der Waals surface area contributed by atoms with Gasteiger partial charge in [0, 0.05) is 32.1 Å². The molecule has 0 aliphatic carbocycles. The van der Waals surface area contributed by atoms with E-state index in [4.69, 9.17) is 19.6 Å². The smallest absolute Gasteiger partial charge is 0.221 e. The number of nitrogens with two attached hydrogens (primary N) is 1. The van der Waals surface area contributed by atoms with Gasteiger partial charge in [-0.3, -0.25) is 0 Å². The summed E-state index contributed by atoms with van der Waals surface area (Å²) in [7, 11) is 1.67. The summed E-state index contributed by atoms with van der Waals surface area (Å²) in [4.78, 5) is 4.29. The van der Waals surface area contributed by atoms with E-state index in [0.29, 0.717) is 37.0 Å². The van der Waals surface area contributed by atoms with Gasteiger partial charge in [-0.25, -0.2) is 4.98 Å². The van der Waals surface area contributed by atoms with Crippen molar-refractivity contribution in [3.8, 4) is 0 Å². The number of rotatable bonds is 6. The van der Waals surface area contributed by atoms with Crippen LogP contribution in [-0.4, -0.2) is 25.3 Å². The first-order valence-electron chi connectivity index (χ1n) is 5.51. The van der Waals surface area contributed by atoms with E-state index >= 15 is 0 Å². The predicted molar refractivity (Wildman–Crippen MR) is 64.6 cm³/mol. The van der Waals surface area contributed by atoms with Crippen LogP contribution in [0.15, 0.2) is 22.6 Å². The Bertz CT molecular complexity index is 482. The number of aromatic nitrogens is 1. The number of fused-ring (bicyclic) bond motifs is 1. The molecule has 0 spiro atoms. The molecule has 5 heteroatoms. The Morgan fingerprint density at radius 1 is 1.35 bits per heavy atom. The van der Waals surface area contributed by atoms with Crippen molar-refractivity contribution in [3.05, 3.63) is 24.1 Å². The molecule has 17 heavy (non-hydrogen) atoms. The molecular formula is C12H16N2O3. The molecule has 1 heterocycles. The second-order valence-electron chi connectivity index (χ2n) is 3.73. The number of oxazole rings is 1. The van der Waals surface area contributed by atoms with Crippen LogP contribution in [0.1, 0.15) is 12.3 Å². The molecule has 0 bridgehead atoms. The summed E-state index contributed by atoms with van der Waals surface area (Å²) in [5.74, 6) is 0.572. The fourth-order valence-corrected chi connectivity index (χ4v) is 1.52. The lowest BCUT2D eigenvalue weighted by Crippen LogP contribution is -1.99. The summed E-state index contributed by atoms with van der Waals surface area (Å²) < 4.78 is 15.8. The van der Waals surface area contributed by atoms with Crippen molar-refractivity contribution in [1.82, 2.24) is 4.98 Å². The van der Waals surface area contributed by atoms with Crippen molar-refractivity contribution < 1.29 is 13.9 Å². The average molecular weight is 236 g/mol. The molecule has 0 atom stereocenters. The number of anilines is 1. The van der Waals surface area contributed by atoms with Crippen molar-refractivity contribution >= 4 is 16.8 Å². The lowest BCUT2D eigenvalue weighted by atomic mass is 10.3. The van der Waals surface area contributed by atoms with E-state index in [-0.39, 0.29) is 0 Å². The van der Waals surface area contributed by atoms with E-state index in [1.165, 1.54) is 0 Å². The van der Waals surface area contributed by atoms with E-state index in [2.05, 4.69) is 4.98 Å². The molecule has 0 aliphatic heterocycles. The standard InChI is InChI=1S/C12H16N2O3/c1-15-5-2-6-16-8-12-14-10-4-3-9(13)7-11(10)17-12/h3-4,7H,2,5-6,8,13H2,1H3. The van der Waals surface area contributed by atoms with E-state index in [9.17, 15) is 0 Å². The summed E-state index contributed by atoms with van der Waals surface area (Å²) in [6, 6.07) is 5.40. The van der Waals surface area contributed by atoms with Gasteiger partial charge in [-0.05, 0) is 18.6 Å². The second kappa shape index (κ2) is 5.65. The molecule has 0 fully saturated rings. The highest BCUT2D eigenvalue weighted by Crippen LogP contribution is 2.18. The van der Waals surface area contributed by atoms with Crippen LogP contribution in [0.25, 0.3) is 11.1 Å². The molecule has 2 aromatic rings. The molecular weight excluding hydrogens is 220 g/mol. The third kappa shape index (κ3) is 3.18. The van der Waals surface area contributed by atoms with E-state index in [1.54, 1.807) is 19.2 Å². The Kier molecular flexibility index (Phi) is 3.95. The fraction of sp³-hybridized carbons (Fsp3) is 0.417. The largest absolute Gasteiger partial charge is 0.438 e.